The Bertz CT molecular complexity index is 1390. The fourth-order valence-electron chi connectivity index (χ4n) is 5.02. The van der Waals surface area contributed by atoms with Gasteiger partial charge in [-0.05, 0) is 76.8 Å². The van der Waals surface area contributed by atoms with Gasteiger partial charge in [0.2, 0.25) is 0 Å². The van der Waals surface area contributed by atoms with Crippen molar-refractivity contribution in [1.29, 1.82) is 0 Å². The maximum absolute atomic E-state index is 14.9. The Balaban J connectivity index is 1.41. The van der Waals surface area contributed by atoms with E-state index >= 15 is 0 Å². The number of ether oxygens (including phenoxy) is 3. The lowest BCUT2D eigenvalue weighted by Gasteiger charge is -2.22. The van der Waals surface area contributed by atoms with E-state index in [1.54, 1.807) is 51.1 Å². The first-order valence-electron chi connectivity index (χ1n) is 14.7. The van der Waals surface area contributed by atoms with Crippen LogP contribution in [0.25, 0.3) is 22.2 Å². The van der Waals surface area contributed by atoms with E-state index in [1.165, 1.54) is 6.07 Å². The van der Waals surface area contributed by atoms with E-state index in [1.807, 2.05) is 17.7 Å². The third-order valence-corrected chi connectivity index (χ3v) is 7.06. The van der Waals surface area contributed by atoms with Crippen molar-refractivity contribution in [2.75, 3.05) is 6.61 Å². The lowest BCUT2D eigenvalue weighted by molar-refractivity contribution is -0.146. The van der Waals surface area contributed by atoms with Crippen molar-refractivity contribution in [3.05, 3.63) is 48.3 Å². The van der Waals surface area contributed by atoms with Gasteiger partial charge in [0, 0.05) is 17.4 Å². The molecule has 1 aliphatic rings. The molecule has 1 saturated carbocycles. The van der Waals surface area contributed by atoms with Gasteiger partial charge in [0.15, 0.2) is 0 Å². The first-order valence-corrected chi connectivity index (χ1v) is 14.7. The maximum atomic E-state index is 14.9. The van der Waals surface area contributed by atoms with Crippen molar-refractivity contribution < 1.29 is 33.0 Å². The van der Waals surface area contributed by atoms with Crippen molar-refractivity contribution in [3.8, 4) is 17.0 Å². The number of amides is 1. The summed E-state index contributed by atoms with van der Waals surface area (Å²) in [6, 6.07) is 11.0. The topological polar surface area (TPSA) is 109 Å². The number of para-hydroxylation sites is 1. The molecule has 1 atom stereocenters. The zero-order valence-electron chi connectivity index (χ0n) is 24.8. The zero-order valence-corrected chi connectivity index (χ0v) is 24.8. The molecule has 9 nitrogen and oxygen atoms in total. The fourth-order valence-corrected chi connectivity index (χ4v) is 5.02. The summed E-state index contributed by atoms with van der Waals surface area (Å²) in [6.45, 7) is 7.33. The van der Waals surface area contributed by atoms with Crippen LogP contribution in [0.5, 0.6) is 5.75 Å². The molecule has 1 aliphatic carbocycles. The second kappa shape index (κ2) is 13.8. The van der Waals surface area contributed by atoms with E-state index in [0.717, 1.165) is 43.1 Å². The van der Waals surface area contributed by atoms with Gasteiger partial charge in [0.05, 0.1) is 12.6 Å². The van der Waals surface area contributed by atoms with Gasteiger partial charge in [-0.15, -0.1) is 0 Å². The van der Waals surface area contributed by atoms with Crippen molar-refractivity contribution >= 4 is 28.9 Å². The first kappa shape index (κ1) is 31.0. The minimum atomic E-state index is -1.06. The molecule has 0 aliphatic heterocycles. The molecule has 0 saturated heterocycles. The minimum absolute atomic E-state index is 0.0166. The van der Waals surface area contributed by atoms with E-state index in [4.69, 9.17) is 19.3 Å². The number of esters is 2. The number of carbonyl (C=O) groups excluding carboxylic acids is 3. The van der Waals surface area contributed by atoms with Crippen LogP contribution in [0.15, 0.2) is 42.5 Å². The van der Waals surface area contributed by atoms with Crippen LogP contribution in [-0.4, -0.2) is 46.1 Å². The minimum Gasteiger partial charge on any atom is -0.464 e. The second-order valence-corrected chi connectivity index (χ2v) is 11.6. The molecule has 42 heavy (non-hydrogen) atoms. The molecule has 1 heterocycles. The van der Waals surface area contributed by atoms with E-state index in [0.29, 0.717) is 23.4 Å². The Morgan fingerprint density at radius 3 is 2.48 bits per heavy atom. The molecule has 0 spiro atoms. The van der Waals surface area contributed by atoms with Gasteiger partial charge in [-0.25, -0.2) is 14.0 Å². The molecule has 2 aromatic carbocycles. The molecule has 0 radical (unpaired) electrons. The second-order valence-electron chi connectivity index (χ2n) is 11.6. The molecule has 226 valence electrons. The lowest BCUT2D eigenvalue weighted by atomic mass is 10.1. The molecule has 1 aromatic heterocycles. The molecule has 4 rings (SSSR count). The Hall–Kier alpha value is -3.95. The first-order chi connectivity index (χ1) is 20.1. The molecule has 1 fully saturated rings. The molecule has 0 unspecified atom stereocenters. The monoisotopic (exact) mass is 581 g/mol. The van der Waals surface area contributed by atoms with Gasteiger partial charge in [-0.2, -0.15) is 5.10 Å². The average molecular weight is 582 g/mol. The Kier molecular flexibility index (Phi) is 10.2. The number of fused-ring (bicyclic) bond motifs is 1. The third kappa shape index (κ3) is 8.08. The summed E-state index contributed by atoms with van der Waals surface area (Å²) in [5.41, 5.74) is 1.21. The quantitative estimate of drug-likeness (QED) is 0.149. The normalized spacial score (nSPS) is 14.5. The maximum Gasteiger partial charge on any atom is 0.408 e. The summed E-state index contributed by atoms with van der Waals surface area (Å²) in [4.78, 5) is 37.5. The largest absolute Gasteiger partial charge is 0.464 e. The number of nitrogens with zero attached hydrogens (tertiary/aromatic N) is 2. The summed E-state index contributed by atoms with van der Waals surface area (Å²) in [5.74, 6) is -1.18. The SMILES string of the molecule is CCCCOC(=O)[C@@H](CCC(=O)Oc1ccc(-c2nn(C3CCCC3)c3c(F)cccc23)cc1)NC(=O)OC(C)(C)C. The highest BCUT2D eigenvalue weighted by atomic mass is 19.1. The van der Waals surface area contributed by atoms with Crippen LogP contribution in [0.1, 0.15) is 85.1 Å². The summed E-state index contributed by atoms with van der Waals surface area (Å²) < 4.78 is 32.7. The number of rotatable bonds is 11. The van der Waals surface area contributed by atoms with Gasteiger partial charge in [0.1, 0.15) is 34.4 Å². The van der Waals surface area contributed by atoms with Gasteiger partial charge in [-0.3, -0.25) is 9.48 Å². The predicted octanol–water partition coefficient (Wildman–Crippen LogP) is 6.88. The van der Waals surface area contributed by atoms with Crippen LogP contribution in [0, 0.1) is 5.82 Å². The molecule has 1 N–H and O–H groups in total. The van der Waals surface area contributed by atoms with Crippen LogP contribution in [-0.2, 0) is 19.1 Å². The van der Waals surface area contributed by atoms with Crippen LogP contribution in [0.3, 0.4) is 0 Å². The van der Waals surface area contributed by atoms with E-state index in [-0.39, 0.29) is 31.3 Å². The number of benzene rings is 2. The summed E-state index contributed by atoms with van der Waals surface area (Å²) in [7, 11) is 0. The molecule has 1 amide bonds. The zero-order chi connectivity index (χ0) is 30.3. The van der Waals surface area contributed by atoms with Crippen molar-refractivity contribution in [3.63, 3.8) is 0 Å². The molecule has 10 heteroatoms. The average Bonchev–Trinajstić information content (AvgIpc) is 3.60. The Morgan fingerprint density at radius 1 is 1.10 bits per heavy atom. The van der Waals surface area contributed by atoms with E-state index in [2.05, 4.69) is 5.32 Å². The number of aromatic nitrogens is 2. The van der Waals surface area contributed by atoms with Gasteiger partial charge < -0.3 is 19.5 Å². The third-order valence-electron chi connectivity index (χ3n) is 7.06. The van der Waals surface area contributed by atoms with Crippen LogP contribution < -0.4 is 10.1 Å². The van der Waals surface area contributed by atoms with Gasteiger partial charge in [0.25, 0.3) is 0 Å². The number of alkyl carbamates (subject to hydrolysis) is 1. The van der Waals surface area contributed by atoms with Crippen LogP contribution in [0.2, 0.25) is 0 Å². The van der Waals surface area contributed by atoms with Gasteiger partial charge >= 0.3 is 18.0 Å². The van der Waals surface area contributed by atoms with Crippen molar-refractivity contribution in [2.45, 2.75) is 96.7 Å². The highest BCUT2D eigenvalue weighted by Crippen LogP contribution is 2.37. The Labute approximate surface area is 245 Å². The van der Waals surface area contributed by atoms with E-state index < -0.39 is 29.7 Å². The molecule has 0 bridgehead atoms. The molecular formula is C32H40FN3O6. The highest BCUT2D eigenvalue weighted by Gasteiger charge is 2.27. The fraction of sp³-hybridized carbons (Fsp3) is 0.500. The van der Waals surface area contributed by atoms with E-state index in [9.17, 15) is 18.8 Å². The number of unbranched alkanes of at least 4 members (excludes halogenated alkanes) is 1. The smallest absolute Gasteiger partial charge is 0.408 e. The number of nitrogens with one attached hydrogen (secondary N) is 1. The predicted molar refractivity (Wildman–Crippen MR) is 157 cm³/mol. The summed E-state index contributed by atoms with van der Waals surface area (Å²) in [6.07, 6.45) is 4.77. The number of halogens is 1. The number of hydrogen-bond donors (Lipinski definition) is 1. The summed E-state index contributed by atoms with van der Waals surface area (Å²) in [5, 5.41) is 8.05. The van der Waals surface area contributed by atoms with Crippen molar-refractivity contribution in [1.82, 2.24) is 15.1 Å². The molecule has 3 aromatic rings. The molecular weight excluding hydrogens is 541 g/mol. The highest BCUT2D eigenvalue weighted by molar-refractivity contribution is 5.94. The van der Waals surface area contributed by atoms with Crippen LogP contribution in [0.4, 0.5) is 9.18 Å². The van der Waals surface area contributed by atoms with Crippen LogP contribution >= 0.6 is 0 Å². The van der Waals surface area contributed by atoms with Gasteiger partial charge in [-0.1, -0.05) is 38.3 Å². The standard InChI is InChI=1S/C32H40FN3O6/c1-5-6-20-40-30(38)26(34-31(39)42-32(2,3)4)18-19-27(37)41-23-16-14-21(15-17-23)28-24-12-9-13-25(33)29(24)36(35-28)22-10-7-8-11-22/h9,12-17,22,26H,5-8,10-11,18-20H2,1-4H3,(H,34,39)/t26-/m1/s1. The van der Waals surface area contributed by atoms with Crippen molar-refractivity contribution in [2.24, 2.45) is 0 Å². The number of carbonyl (C=O) groups is 3. The number of hydrogen-bond acceptors (Lipinski definition) is 7. The lowest BCUT2D eigenvalue weighted by Crippen LogP contribution is -2.44. The summed E-state index contributed by atoms with van der Waals surface area (Å²) >= 11 is 0. The Morgan fingerprint density at radius 2 is 1.81 bits per heavy atom.